The third kappa shape index (κ3) is 2.27. The van der Waals surface area contributed by atoms with E-state index in [1.807, 2.05) is 17.5 Å². The minimum Gasteiger partial charge on any atom is -0.350 e. The van der Waals surface area contributed by atoms with Crippen molar-refractivity contribution in [2.75, 3.05) is 14.2 Å². The van der Waals surface area contributed by atoms with Gasteiger partial charge in [-0.2, -0.15) is 0 Å². The van der Waals surface area contributed by atoms with Crippen LogP contribution in [0.1, 0.15) is 12.0 Å². The number of pyridine rings is 1. The summed E-state index contributed by atoms with van der Waals surface area (Å²) in [5.74, 6) is 0. The third-order valence-corrected chi connectivity index (χ3v) is 3.03. The van der Waals surface area contributed by atoms with Gasteiger partial charge in [0.25, 0.3) is 0 Å². The molecule has 2 aromatic rings. The fourth-order valence-corrected chi connectivity index (χ4v) is 2.19. The van der Waals surface area contributed by atoms with Crippen LogP contribution in [0.3, 0.4) is 0 Å². The predicted molar refractivity (Wildman–Crippen MR) is 62.1 cm³/mol. The first-order valence-electron chi connectivity index (χ1n) is 4.76. The summed E-state index contributed by atoms with van der Waals surface area (Å²) in [4.78, 5) is 8.44. The number of aromatic nitrogens is 2. The van der Waals surface area contributed by atoms with Gasteiger partial charge in [-0.25, -0.2) is 4.98 Å². The maximum Gasteiger partial charge on any atom is 0.201 e. The molecule has 0 saturated heterocycles. The van der Waals surface area contributed by atoms with Gasteiger partial charge in [-0.1, -0.05) is 0 Å². The van der Waals surface area contributed by atoms with E-state index in [-0.39, 0.29) is 0 Å². The zero-order valence-electron chi connectivity index (χ0n) is 9.08. The van der Waals surface area contributed by atoms with E-state index in [1.54, 1.807) is 38.0 Å². The molecule has 0 bridgehead atoms. The Bertz CT molecular complexity index is 440. The van der Waals surface area contributed by atoms with Gasteiger partial charge in [-0.05, 0) is 12.1 Å². The van der Waals surface area contributed by atoms with Crippen LogP contribution in [0.5, 0.6) is 0 Å². The van der Waals surface area contributed by atoms with Gasteiger partial charge in [0, 0.05) is 37.6 Å². The second-order valence-corrected chi connectivity index (χ2v) is 3.97. The fourth-order valence-electron chi connectivity index (χ4n) is 1.36. The number of thiazole rings is 1. The Kier molecular flexibility index (Phi) is 3.61. The Morgan fingerprint density at radius 3 is 2.50 bits per heavy atom. The van der Waals surface area contributed by atoms with Crippen LogP contribution in [0.2, 0.25) is 0 Å². The Labute approximate surface area is 97.9 Å². The van der Waals surface area contributed by atoms with Gasteiger partial charge in [-0.15, -0.1) is 11.3 Å². The molecule has 84 valence electrons. The molecule has 0 amide bonds. The Hall–Kier alpha value is -1.30. The highest BCUT2D eigenvalue weighted by Gasteiger charge is 2.13. The van der Waals surface area contributed by atoms with Crippen LogP contribution >= 0.6 is 11.3 Å². The summed E-state index contributed by atoms with van der Waals surface area (Å²) in [6.07, 6.45) is 3.10. The van der Waals surface area contributed by atoms with E-state index < -0.39 is 6.29 Å². The van der Waals surface area contributed by atoms with Crippen molar-refractivity contribution in [3.63, 3.8) is 0 Å². The summed E-state index contributed by atoms with van der Waals surface area (Å²) < 4.78 is 10.3. The van der Waals surface area contributed by atoms with E-state index in [1.165, 1.54) is 0 Å². The first-order valence-corrected chi connectivity index (χ1v) is 5.64. The van der Waals surface area contributed by atoms with Crippen molar-refractivity contribution in [1.82, 2.24) is 9.97 Å². The lowest BCUT2D eigenvalue weighted by molar-refractivity contribution is -0.108. The van der Waals surface area contributed by atoms with Crippen LogP contribution in [-0.4, -0.2) is 24.2 Å². The molecule has 16 heavy (non-hydrogen) atoms. The SMILES string of the molecule is COC(OC)c1csc(-c2ccncc2)n1. The number of methoxy groups -OCH3 is 2. The maximum absolute atomic E-state index is 5.14. The smallest absolute Gasteiger partial charge is 0.201 e. The summed E-state index contributed by atoms with van der Waals surface area (Å²) >= 11 is 1.56. The highest BCUT2D eigenvalue weighted by molar-refractivity contribution is 7.13. The van der Waals surface area contributed by atoms with Gasteiger partial charge in [-0.3, -0.25) is 4.98 Å². The van der Waals surface area contributed by atoms with Crippen molar-refractivity contribution < 1.29 is 9.47 Å². The van der Waals surface area contributed by atoms with Crippen molar-refractivity contribution in [1.29, 1.82) is 0 Å². The van der Waals surface area contributed by atoms with Crippen molar-refractivity contribution in [2.24, 2.45) is 0 Å². The molecule has 0 atom stereocenters. The molecule has 0 aliphatic rings. The standard InChI is InChI=1S/C11H12N2O2S/c1-14-11(15-2)9-7-16-10(13-9)8-3-5-12-6-4-8/h3-7,11H,1-2H3. The number of ether oxygens (including phenoxy) is 2. The zero-order valence-corrected chi connectivity index (χ0v) is 9.90. The van der Waals surface area contributed by atoms with E-state index in [4.69, 9.17) is 9.47 Å². The molecule has 0 aliphatic heterocycles. The van der Waals surface area contributed by atoms with Crippen LogP contribution in [-0.2, 0) is 9.47 Å². The second kappa shape index (κ2) is 5.16. The van der Waals surface area contributed by atoms with Crippen molar-refractivity contribution in [3.05, 3.63) is 35.6 Å². The summed E-state index contributed by atoms with van der Waals surface area (Å²) in [6, 6.07) is 3.86. The molecule has 0 N–H and O–H groups in total. The molecule has 0 radical (unpaired) electrons. The highest BCUT2D eigenvalue weighted by atomic mass is 32.1. The summed E-state index contributed by atoms with van der Waals surface area (Å²) in [7, 11) is 3.19. The van der Waals surface area contributed by atoms with Gasteiger partial charge >= 0.3 is 0 Å². The normalized spacial score (nSPS) is 10.9. The molecule has 0 unspecified atom stereocenters. The van der Waals surface area contributed by atoms with Crippen LogP contribution < -0.4 is 0 Å². The molecule has 5 heteroatoms. The summed E-state index contributed by atoms with van der Waals surface area (Å²) in [5, 5.41) is 2.88. The number of nitrogens with zero attached hydrogens (tertiary/aromatic N) is 2. The first kappa shape index (κ1) is 11.2. The third-order valence-electron chi connectivity index (χ3n) is 2.12. The molecular formula is C11H12N2O2S. The molecule has 2 aromatic heterocycles. The van der Waals surface area contributed by atoms with E-state index in [9.17, 15) is 0 Å². The monoisotopic (exact) mass is 236 g/mol. The van der Waals surface area contributed by atoms with Crippen LogP contribution in [0.4, 0.5) is 0 Å². The maximum atomic E-state index is 5.14. The molecular weight excluding hydrogens is 224 g/mol. The Morgan fingerprint density at radius 1 is 1.19 bits per heavy atom. The predicted octanol–water partition coefficient (Wildman–Crippen LogP) is 2.50. The highest BCUT2D eigenvalue weighted by Crippen LogP contribution is 2.26. The van der Waals surface area contributed by atoms with Gasteiger partial charge in [0.2, 0.25) is 6.29 Å². The van der Waals surface area contributed by atoms with E-state index >= 15 is 0 Å². The van der Waals surface area contributed by atoms with Crippen molar-refractivity contribution in [2.45, 2.75) is 6.29 Å². The number of hydrogen-bond donors (Lipinski definition) is 0. The van der Waals surface area contributed by atoms with Crippen LogP contribution in [0.15, 0.2) is 29.9 Å². The van der Waals surface area contributed by atoms with Gasteiger partial charge < -0.3 is 9.47 Å². The second-order valence-electron chi connectivity index (χ2n) is 3.12. The number of rotatable bonds is 4. The quantitative estimate of drug-likeness (QED) is 0.765. The van der Waals surface area contributed by atoms with E-state index in [0.717, 1.165) is 16.3 Å². The largest absolute Gasteiger partial charge is 0.350 e. The molecule has 0 aromatic carbocycles. The van der Waals surface area contributed by atoms with Crippen molar-refractivity contribution in [3.8, 4) is 10.6 Å². The topological polar surface area (TPSA) is 44.2 Å². The lowest BCUT2D eigenvalue weighted by Crippen LogP contribution is -2.03. The van der Waals surface area contributed by atoms with E-state index in [2.05, 4.69) is 9.97 Å². The Morgan fingerprint density at radius 2 is 1.88 bits per heavy atom. The molecule has 2 rings (SSSR count). The lowest BCUT2D eigenvalue weighted by atomic mass is 10.3. The van der Waals surface area contributed by atoms with E-state index in [0.29, 0.717) is 0 Å². The molecule has 0 saturated carbocycles. The van der Waals surface area contributed by atoms with Crippen molar-refractivity contribution >= 4 is 11.3 Å². The molecule has 2 heterocycles. The molecule has 0 aliphatic carbocycles. The minimum atomic E-state index is -0.396. The van der Waals surface area contributed by atoms with Gasteiger partial charge in [0.1, 0.15) is 10.7 Å². The lowest BCUT2D eigenvalue weighted by Gasteiger charge is -2.09. The molecule has 4 nitrogen and oxygen atoms in total. The van der Waals surface area contributed by atoms with Gasteiger partial charge in [0.15, 0.2) is 0 Å². The van der Waals surface area contributed by atoms with Gasteiger partial charge in [0.05, 0.1) is 0 Å². The molecule has 0 spiro atoms. The average Bonchev–Trinajstić information content (AvgIpc) is 2.81. The summed E-state index contributed by atoms with van der Waals surface area (Å²) in [5.41, 5.74) is 1.85. The van der Waals surface area contributed by atoms with Crippen LogP contribution in [0, 0.1) is 0 Å². The Balaban J connectivity index is 2.26. The van der Waals surface area contributed by atoms with Crippen LogP contribution in [0.25, 0.3) is 10.6 Å². The zero-order chi connectivity index (χ0) is 11.4. The molecule has 0 fully saturated rings. The average molecular weight is 236 g/mol. The number of hydrogen-bond acceptors (Lipinski definition) is 5. The fraction of sp³-hybridized carbons (Fsp3) is 0.273. The first-order chi connectivity index (χ1) is 7.85. The summed E-state index contributed by atoms with van der Waals surface area (Å²) in [6.45, 7) is 0. The minimum absolute atomic E-state index is 0.396.